The van der Waals surface area contributed by atoms with Gasteiger partial charge in [0.15, 0.2) is 0 Å². The number of nitrogens with zero attached hydrogens (tertiary/aromatic N) is 2. The van der Waals surface area contributed by atoms with Crippen LogP contribution >= 0.6 is 34.2 Å². The molecule has 0 spiro atoms. The molecule has 1 aromatic heterocycles. The second-order valence-corrected chi connectivity index (χ2v) is 4.07. The van der Waals surface area contributed by atoms with E-state index in [9.17, 15) is 8.78 Å². The lowest BCUT2D eigenvalue weighted by Crippen LogP contribution is -2.04. The predicted molar refractivity (Wildman–Crippen MR) is 60.8 cm³/mol. The SMILES string of the molecule is N#CCc1ncc(CCl)c(I)c1C(F)F. The summed E-state index contributed by atoms with van der Waals surface area (Å²) in [6.07, 6.45) is -1.30. The largest absolute Gasteiger partial charge is 0.266 e. The van der Waals surface area contributed by atoms with Gasteiger partial charge in [0, 0.05) is 15.6 Å². The van der Waals surface area contributed by atoms with Crippen LogP contribution in [0.25, 0.3) is 0 Å². The molecule has 1 aromatic rings. The van der Waals surface area contributed by atoms with Crippen molar-refractivity contribution in [3.63, 3.8) is 0 Å². The Kier molecular flexibility index (Phi) is 4.67. The van der Waals surface area contributed by atoms with E-state index in [4.69, 9.17) is 16.9 Å². The molecule has 0 aliphatic rings. The third-order valence-corrected chi connectivity index (χ3v) is 3.38. The van der Waals surface area contributed by atoms with Crippen LogP contribution in [-0.4, -0.2) is 4.98 Å². The van der Waals surface area contributed by atoms with E-state index < -0.39 is 6.43 Å². The summed E-state index contributed by atoms with van der Waals surface area (Å²) < 4.78 is 25.9. The maximum Gasteiger partial charge on any atom is 0.266 e. The van der Waals surface area contributed by atoms with Gasteiger partial charge in [-0.1, -0.05) is 0 Å². The van der Waals surface area contributed by atoms with Crippen molar-refractivity contribution in [1.29, 1.82) is 5.26 Å². The van der Waals surface area contributed by atoms with Gasteiger partial charge in [0.2, 0.25) is 0 Å². The lowest BCUT2D eigenvalue weighted by atomic mass is 10.1. The topological polar surface area (TPSA) is 36.7 Å². The van der Waals surface area contributed by atoms with Crippen molar-refractivity contribution in [2.75, 3.05) is 0 Å². The maximum atomic E-state index is 12.7. The number of halogens is 4. The number of aromatic nitrogens is 1. The van der Waals surface area contributed by atoms with Crippen LogP contribution in [0.2, 0.25) is 0 Å². The van der Waals surface area contributed by atoms with Gasteiger partial charge in [-0.15, -0.1) is 11.6 Å². The van der Waals surface area contributed by atoms with E-state index in [-0.39, 0.29) is 23.6 Å². The summed E-state index contributed by atoms with van der Waals surface area (Å²) in [5.74, 6) is 0.137. The fourth-order valence-corrected chi connectivity index (χ4v) is 2.42. The summed E-state index contributed by atoms with van der Waals surface area (Å²) in [4.78, 5) is 3.83. The Hall–Kier alpha value is -0.480. The Morgan fingerprint density at radius 3 is 2.73 bits per heavy atom. The van der Waals surface area contributed by atoms with Crippen molar-refractivity contribution in [2.45, 2.75) is 18.7 Å². The molecule has 0 aliphatic heterocycles. The zero-order chi connectivity index (χ0) is 11.4. The molecular formula is C9H6ClF2IN2. The molecule has 0 amide bonds. The number of rotatable bonds is 3. The van der Waals surface area contributed by atoms with E-state index in [0.717, 1.165) is 0 Å². The smallest absolute Gasteiger partial charge is 0.259 e. The summed E-state index contributed by atoms with van der Waals surface area (Å²) in [5.41, 5.74) is 0.523. The van der Waals surface area contributed by atoms with E-state index in [1.54, 1.807) is 0 Å². The first-order valence-electron chi connectivity index (χ1n) is 3.99. The lowest BCUT2D eigenvalue weighted by molar-refractivity contribution is 0.148. The van der Waals surface area contributed by atoms with E-state index in [2.05, 4.69) is 4.98 Å². The fourth-order valence-electron chi connectivity index (χ4n) is 1.11. The monoisotopic (exact) mass is 342 g/mol. The van der Waals surface area contributed by atoms with E-state index in [1.165, 1.54) is 6.20 Å². The van der Waals surface area contributed by atoms with Gasteiger partial charge in [0.1, 0.15) is 0 Å². The average Bonchev–Trinajstić information content (AvgIpc) is 2.18. The van der Waals surface area contributed by atoms with Gasteiger partial charge < -0.3 is 0 Å². The molecule has 80 valence electrons. The number of nitriles is 1. The van der Waals surface area contributed by atoms with Gasteiger partial charge >= 0.3 is 0 Å². The van der Waals surface area contributed by atoms with Gasteiger partial charge in [-0.25, -0.2) is 8.78 Å². The minimum Gasteiger partial charge on any atom is -0.259 e. The zero-order valence-corrected chi connectivity index (χ0v) is 10.4. The molecule has 1 rings (SSSR count). The van der Waals surface area contributed by atoms with Crippen molar-refractivity contribution >= 4 is 34.2 Å². The first kappa shape index (κ1) is 12.6. The van der Waals surface area contributed by atoms with Crippen molar-refractivity contribution in [3.05, 3.63) is 26.6 Å². The van der Waals surface area contributed by atoms with Crippen LogP contribution in [0.1, 0.15) is 23.2 Å². The quantitative estimate of drug-likeness (QED) is 0.623. The highest BCUT2D eigenvalue weighted by molar-refractivity contribution is 14.1. The Morgan fingerprint density at radius 2 is 2.27 bits per heavy atom. The molecule has 0 saturated carbocycles. The molecule has 0 aromatic carbocycles. The molecule has 0 saturated heterocycles. The fraction of sp³-hybridized carbons (Fsp3) is 0.333. The Morgan fingerprint density at radius 1 is 1.60 bits per heavy atom. The summed E-state index contributed by atoms with van der Waals surface area (Å²) >= 11 is 7.39. The normalized spacial score (nSPS) is 10.4. The number of alkyl halides is 3. The summed E-state index contributed by atoms with van der Waals surface area (Å²) in [6.45, 7) is 0. The molecule has 2 nitrogen and oxygen atoms in total. The van der Waals surface area contributed by atoms with Crippen LogP contribution in [0.4, 0.5) is 8.78 Å². The highest BCUT2D eigenvalue weighted by Crippen LogP contribution is 2.30. The summed E-state index contributed by atoms with van der Waals surface area (Å²) in [6, 6.07) is 1.81. The molecule has 1 heterocycles. The van der Waals surface area contributed by atoms with Crippen molar-refractivity contribution in [1.82, 2.24) is 4.98 Å². The minimum atomic E-state index is -2.63. The molecule has 0 unspecified atom stereocenters. The van der Waals surface area contributed by atoms with Crippen LogP contribution in [0, 0.1) is 14.9 Å². The summed E-state index contributed by atoms with van der Waals surface area (Å²) in [7, 11) is 0. The second-order valence-electron chi connectivity index (χ2n) is 2.73. The third kappa shape index (κ3) is 2.75. The standard InChI is InChI=1S/C9H6ClF2IN2/c10-3-5-4-15-6(1-2-14)7(8(5)13)9(11)12/h4,9H,1,3H2. The highest BCUT2D eigenvalue weighted by Gasteiger charge is 2.20. The van der Waals surface area contributed by atoms with E-state index >= 15 is 0 Å². The van der Waals surface area contributed by atoms with Gasteiger partial charge in [-0.2, -0.15) is 5.26 Å². The molecule has 15 heavy (non-hydrogen) atoms. The number of hydrogen-bond acceptors (Lipinski definition) is 2. The third-order valence-electron chi connectivity index (χ3n) is 1.81. The van der Waals surface area contributed by atoms with Crippen LogP contribution in [0.3, 0.4) is 0 Å². The van der Waals surface area contributed by atoms with Crippen LogP contribution in [-0.2, 0) is 12.3 Å². The van der Waals surface area contributed by atoms with Crippen molar-refractivity contribution in [2.24, 2.45) is 0 Å². The first-order chi connectivity index (χ1) is 7.11. The number of pyridine rings is 1. The van der Waals surface area contributed by atoms with Crippen LogP contribution in [0.5, 0.6) is 0 Å². The van der Waals surface area contributed by atoms with Gasteiger partial charge in [-0.3, -0.25) is 4.98 Å². The minimum absolute atomic E-state index is 0.113. The molecule has 0 aliphatic carbocycles. The Bertz CT molecular complexity index is 404. The van der Waals surface area contributed by atoms with Crippen LogP contribution in [0.15, 0.2) is 6.20 Å². The van der Waals surface area contributed by atoms with Crippen molar-refractivity contribution in [3.8, 4) is 6.07 Å². The molecule has 6 heteroatoms. The van der Waals surface area contributed by atoms with Crippen molar-refractivity contribution < 1.29 is 8.78 Å². The zero-order valence-electron chi connectivity index (χ0n) is 7.48. The van der Waals surface area contributed by atoms with Gasteiger partial charge in [0.05, 0.1) is 23.7 Å². The van der Waals surface area contributed by atoms with Gasteiger partial charge in [-0.05, 0) is 28.2 Å². The molecule has 0 fully saturated rings. The first-order valence-corrected chi connectivity index (χ1v) is 5.60. The molecule has 0 atom stereocenters. The maximum absolute atomic E-state index is 12.7. The van der Waals surface area contributed by atoms with Gasteiger partial charge in [0.25, 0.3) is 6.43 Å². The van der Waals surface area contributed by atoms with E-state index in [1.807, 2.05) is 28.7 Å². The Labute approximate surface area is 104 Å². The molecule has 0 N–H and O–H groups in total. The summed E-state index contributed by atoms with van der Waals surface area (Å²) in [5, 5.41) is 8.48. The Balaban J connectivity index is 3.32. The molecule has 0 bridgehead atoms. The van der Waals surface area contributed by atoms with Crippen LogP contribution < -0.4 is 0 Å². The molecule has 0 radical (unpaired) electrons. The number of hydrogen-bond donors (Lipinski definition) is 0. The lowest BCUT2D eigenvalue weighted by Gasteiger charge is -2.10. The van der Waals surface area contributed by atoms with E-state index in [0.29, 0.717) is 9.13 Å². The molecular weight excluding hydrogens is 336 g/mol. The predicted octanol–water partition coefficient (Wildman–Crippen LogP) is 3.43. The average molecular weight is 343 g/mol. The highest BCUT2D eigenvalue weighted by atomic mass is 127. The second kappa shape index (κ2) is 5.56.